The van der Waals surface area contributed by atoms with Crippen molar-refractivity contribution in [3.8, 4) is 5.75 Å². The summed E-state index contributed by atoms with van der Waals surface area (Å²) in [7, 11) is -1.96. The Balaban J connectivity index is 1.32. The van der Waals surface area contributed by atoms with Crippen molar-refractivity contribution in [3.05, 3.63) is 24.3 Å². The van der Waals surface area contributed by atoms with Gasteiger partial charge in [0.05, 0.1) is 18.1 Å². The van der Waals surface area contributed by atoms with Crippen LogP contribution in [-0.2, 0) is 14.8 Å². The molecule has 1 N–H and O–H groups in total. The van der Waals surface area contributed by atoms with Gasteiger partial charge in [-0.3, -0.25) is 0 Å². The van der Waals surface area contributed by atoms with E-state index in [1.807, 2.05) is 0 Å². The monoisotopic (exact) mass is 453 g/mol. The van der Waals surface area contributed by atoms with Gasteiger partial charge in [0.15, 0.2) is 5.11 Å². The Bertz CT molecular complexity index is 863. The Kier molecular flexibility index (Phi) is 6.53. The molecular weight excluding hydrogens is 422 g/mol. The van der Waals surface area contributed by atoms with Gasteiger partial charge in [-0.1, -0.05) is 6.07 Å². The molecule has 4 rings (SSSR count). The van der Waals surface area contributed by atoms with Crippen molar-refractivity contribution in [3.63, 3.8) is 0 Å². The topological polar surface area (TPSA) is 71.1 Å². The molecule has 3 aliphatic rings. The zero-order chi connectivity index (χ0) is 21.2. The first-order chi connectivity index (χ1) is 14.4. The third-order valence-corrected chi connectivity index (χ3v) is 8.99. The van der Waals surface area contributed by atoms with E-state index in [0.717, 1.165) is 63.5 Å². The number of ether oxygens (including phenoxy) is 2. The number of methoxy groups -OCH3 is 1. The van der Waals surface area contributed by atoms with Crippen molar-refractivity contribution < 1.29 is 17.9 Å². The zero-order valence-corrected chi connectivity index (χ0v) is 19.1. The summed E-state index contributed by atoms with van der Waals surface area (Å²) in [5.41, 5.74) is 0.149. The van der Waals surface area contributed by atoms with Gasteiger partial charge in [0, 0.05) is 45.4 Å². The second kappa shape index (κ2) is 8.98. The van der Waals surface area contributed by atoms with Gasteiger partial charge >= 0.3 is 0 Å². The highest BCUT2D eigenvalue weighted by Gasteiger charge is 2.43. The predicted molar refractivity (Wildman–Crippen MR) is 119 cm³/mol. The highest BCUT2D eigenvalue weighted by molar-refractivity contribution is 7.89. The molecule has 0 bridgehead atoms. The molecule has 3 heterocycles. The van der Waals surface area contributed by atoms with Crippen molar-refractivity contribution in [2.45, 2.75) is 43.1 Å². The highest BCUT2D eigenvalue weighted by atomic mass is 32.2. The van der Waals surface area contributed by atoms with E-state index in [1.165, 1.54) is 0 Å². The number of hydrogen-bond donors (Lipinski definition) is 1. The Morgan fingerprint density at radius 1 is 1.30 bits per heavy atom. The Morgan fingerprint density at radius 3 is 2.77 bits per heavy atom. The second-order valence-electron chi connectivity index (χ2n) is 8.58. The lowest BCUT2D eigenvalue weighted by Gasteiger charge is -2.38. The smallest absolute Gasteiger partial charge is 0.243 e. The summed E-state index contributed by atoms with van der Waals surface area (Å²) in [5.74, 6) is 0.556. The van der Waals surface area contributed by atoms with Gasteiger partial charge in [0.2, 0.25) is 10.0 Å². The van der Waals surface area contributed by atoms with Crippen LogP contribution in [0.1, 0.15) is 32.1 Å². The van der Waals surface area contributed by atoms with E-state index in [4.69, 9.17) is 21.7 Å². The molecule has 3 saturated heterocycles. The molecule has 0 radical (unpaired) electrons. The molecule has 1 aromatic carbocycles. The third kappa shape index (κ3) is 4.59. The normalized spacial score (nSPS) is 24.3. The van der Waals surface area contributed by atoms with Crippen LogP contribution < -0.4 is 10.1 Å². The standard InChI is InChI=1S/C21H31N3O4S2/c1-27-17-4-2-6-19(14-17)30(25,26)24-11-8-21(9-12-24)7-10-23(16-21)20(29)22-15-18-5-3-13-28-18/h2,4,6,14,18H,3,5,7-13,15-16H2,1H3,(H,22,29). The van der Waals surface area contributed by atoms with Crippen molar-refractivity contribution in [2.24, 2.45) is 5.41 Å². The number of nitrogens with zero attached hydrogens (tertiary/aromatic N) is 2. The Hall–Kier alpha value is -1.42. The lowest BCUT2D eigenvalue weighted by Crippen LogP contribution is -2.46. The fraction of sp³-hybridized carbons (Fsp3) is 0.667. The summed E-state index contributed by atoms with van der Waals surface area (Å²) in [6, 6.07) is 6.70. The fourth-order valence-electron chi connectivity index (χ4n) is 4.75. The maximum Gasteiger partial charge on any atom is 0.243 e. The molecular formula is C21H31N3O4S2. The molecule has 3 fully saturated rings. The molecule has 0 aliphatic carbocycles. The number of thiocarbonyl (C=S) groups is 1. The minimum Gasteiger partial charge on any atom is -0.497 e. The first kappa shape index (κ1) is 21.8. The van der Waals surface area contributed by atoms with Crippen LogP contribution in [0.3, 0.4) is 0 Å². The quantitative estimate of drug-likeness (QED) is 0.686. The van der Waals surface area contributed by atoms with Crippen molar-refractivity contribution in [2.75, 3.05) is 46.4 Å². The van der Waals surface area contributed by atoms with E-state index >= 15 is 0 Å². The minimum absolute atomic E-state index is 0.149. The number of benzene rings is 1. The molecule has 30 heavy (non-hydrogen) atoms. The summed E-state index contributed by atoms with van der Waals surface area (Å²) >= 11 is 5.61. The van der Waals surface area contributed by atoms with Gasteiger partial charge < -0.3 is 19.7 Å². The van der Waals surface area contributed by atoms with Crippen LogP contribution in [0.2, 0.25) is 0 Å². The minimum atomic E-state index is -3.50. The molecule has 0 aromatic heterocycles. The lowest BCUT2D eigenvalue weighted by molar-refractivity contribution is 0.113. The van der Waals surface area contributed by atoms with Gasteiger partial charge in [-0.25, -0.2) is 8.42 Å². The van der Waals surface area contributed by atoms with Crippen LogP contribution in [0.4, 0.5) is 0 Å². The first-order valence-electron chi connectivity index (χ1n) is 10.7. The molecule has 0 saturated carbocycles. The van der Waals surface area contributed by atoms with Gasteiger partial charge in [-0.15, -0.1) is 0 Å². The summed E-state index contributed by atoms with van der Waals surface area (Å²) in [5, 5.41) is 4.17. The average Bonchev–Trinajstić information content (AvgIpc) is 3.43. The van der Waals surface area contributed by atoms with E-state index in [1.54, 1.807) is 35.7 Å². The molecule has 0 amide bonds. The van der Waals surface area contributed by atoms with E-state index in [-0.39, 0.29) is 11.5 Å². The number of nitrogens with one attached hydrogen (secondary N) is 1. The molecule has 1 atom stereocenters. The number of likely N-dealkylation sites (tertiary alicyclic amines) is 1. The molecule has 9 heteroatoms. The van der Waals surface area contributed by atoms with Gasteiger partial charge in [0.25, 0.3) is 0 Å². The van der Waals surface area contributed by atoms with Crippen LogP contribution >= 0.6 is 12.2 Å². The largest absolute Gasteiger partial charge is 0.497 e. The van der Waals surface area contributed by atoms with Crippen molar-refractivity contribution in [1.82, 2.24) is 14.5 Å². The summed E-state index contributed by atoms with van der Waals surface area (Å²) < 4.78 is 38.6. The molecule has 7 nitrogen and oxygen atoms in total. The number of sulfonamides is 1. The van der Waals surface area contributed by atoms with Crippen LogP contribution in [-0.4, -0.2) is 75.3 Å². The number of piperidine rings is 1. The predicted octanol–water partition coefficient (Wildman–Crippen LogP) is 2.23. The van der Waals surface area contributed by atoms with Crippen LogP contribution in [0.15, 0.2) is 29.2 Å². The SMILES string of the molecule is COc1cccc(S(=O)(=O)N2CCC3(CCN(C(=S)NCC4CCCO4)C3)CC2)c1. The highest BCUT2D eigenvalue weighted by Crippen LogP contribution is 2.41. The summed E-state index contributed by atoms with van der Waals surface area (Å²) in [4.78, 5) is 2.54. The molecule has 1 aromatic rings. The fourth-order valence-corrected chi connectivity index (χ4v) is 6.46. The van der Waals surface area contributed by atoms with E-state index in [2.05, 4.69) is 10.2 Å². The number of hydrogen-bond acceptors (Lipinski definition) is 5. The Morgan fingerprint density at radius 2 is 2.07 bits per heavy atom. The van der Waals surface area contributed by atoms with E-state index < -0.39 is 10.0 Å². The number of rotatable bonds is 5. The molecule has 1 unspecified atom stereocenters. The molecule has 1 spiro atoms. The van der Waals surface area contributed by atoms with Crippen LogP contribution in [0, 0.1) is 5.41 Å². The molecule has 166 valence electrons. The zero-order valence-electron chi connectivity index (χ0n) is 17.5. The maximum absolute atomic E-state index is 13.1. The van der Waals surface area contributed by atoms with Crippen molar-refractivity contribution >= 4 is 27.4 Å². The van der Waals surface area contributed by atoms with E-state index in [9.17, 15) is 8.42 Å². The van der Waals surface area contributed by atoms with Gasteiger partial charge in [-0.2, -0.15) is 4.31 Å². The van der Waals surface area contributed by atoms with Crippen LogP contribution in [0.5, 0.6) is 5.75 Å². The van der Waals surface area contributed by atoms with Crippen molar-refractivity contribution in [1.29, 1.82) is 0 Å². The lowest BCUT2D eigenvalue weighted by atomic mass is 9.78. The second-order valence-corrected chi connectivity index (χ2v) is 10.9. The molecule has 3 aliphatic heterocycles. The maximum atomic E-state index is 13.1. The van der Waals surface area contributed by atoms with Crippen LogP contribution in [0.25, 0.3) is 0 Å². The van der Waals surface area contributed by atoms with Gasteiger partial charge in [0.1, 0.15) is 5.75 Å². The summed E-state index contributed by atoms with van der Waals surface area (Å²) in [6.45, 7) is 4.54. The summed E-state index contributed by atoms with van der Waals surface area (Å²) in [6.07, 6.45) is 5.27. The van der Waals surface area contributed by atoms with Gasteiger partial charge in [-0.05, 0) is 61.9 Å². The first-order valence-corrected chi connectivity index (χ1v) is 12.6. The average molecular weight is 454 g/mol. The van der Waals surface area contributed by atoms with E-state index in [0.29, 0.717) is 23.7 Å². The Labute approximate surface area is 184 Å². The third-order valence-electron chi connectivity index (χ3n) is 6.69.